The number of amides is 2. The summed E-state index contributed by atoms with van der Waals surface area (Å²) in [5.41, 5.74) is 0.906. The van der Waals surface area contributed by atoms with Gasteiger partial charge in [0.15, 0.2) is 0 Å². The fraction of sp³-hybridized carbons (Fsp3) is 0.375. The standard InChI is InChI=1S/C32H37Cl2N3O5S/c1-3-30(32(39)35-25-10-5-4-6-11-25)36(21-23-9-7-8-12-29(23)34)31(38)22-37(26-15-13-24(33)14-16-26)43(40,41)28-19-17-27(42-2)18-20-28/h7-9,12-20,25,30H,3-6,10-11,21-22H2,1-2H3,(H,35,39)/t30-/m0/s1. The second-order valence-electron chi connectivity index (χ2n) is 10.5. The van der Waals surface area contributed by atoms with Crippen LogP contribution >= 0.6 is 23.2 Å². The molecule has 11 heteroatoms. The van der Waals surface area contributed by atoms with Crippen LogP contribution in [0.4, 0.5) is 5.69 Å². The number of hydrogen-bond donors (Lipinski definition) is 1. The van der Waals surface area contributed by atoms with Gasteiger partial charge in [-0.2, -0.15) is 0 Å². The van der Waals surface area contributed by atoms with Crippen molar-refractivity contribution in [3.63, 3.8) is 0 Å². The molecule has 0 aromatic heterocycles. The molecule has 1 aliphatic rings. The van der Waals surface area contributed by atoms with Crippen LogP contribution in [0.5, 0.6) is 5.75 Å². The lowest BCUT2D eigenvalue weighted by molar-refractivity contribution is -0.140. The van der Waals surface area contributed by atoms with E-state index in [0.717, 1.165) is 36.4 Å². The molecule has 1 atom stereocenters. The molecule has 0 spiro atoms. The van der Waals surface area contributed by atoms with Crippen molar-refractivity contribution in [2.75, 3.05) is 18.0 Å². The van der Waals surface area contributed by atoms with Crippen molar-refractivity contribution < 1.29 is 22.7 Å². The Labute approximate surface area is 264 Å². The Balaban J connectivity index is 1.71. The largest absolute Gasteiger partial charge is 0.497 e. The third-order valence-electron chi connectivity index (χ3n) is 7.68. The number of methoxy groups -OCH3 is 1. The maximum atomic E-state index is 14.2. The second kappa shape index (κ2) is 14.9. The lowest BCUT2D eigenvalue weighted by atomic mass is 9.95. The van der Waals surface area contributed by atoms with E-state index in [9.17, 15) is 18.0 Å². The van der Waals surface area contributed by atoms with Crippen LogP contribution in [-0.4, -0.2) is 50.9 Å². The van der Waals surface area contributed by atoms with Crippen LogP contribution in [0.25, 0.3) is 0 Å². The number of hydrogen-bond acceptors (Lipinski definition) is 5. The van der Waals surface area contributed by atoms with Crippen molar-refractivity contribution >= 4 is 50.7 Å². The molecule has 0 bridgehead atoms. The van der Waals surface area contributed by atoms with Crippen LogP contribution in [0.15, 0.2) is 77.7 Å². The van der Waals surface area contributed by atoms with Gasteiger partial charge in [-0.15, -0.1) is 0 Å². The van der Waals surface area contributed by atoms with Crippen molar-refractivity contribution in [2.24, 2.45) is 0 Å². The van der Waals surface area contributed by atoms with Gasteiger partial charge in [0.2, 0.25) is 11.8 Å². The van der Waals surface area contributed by atoms with Gasteiger partial charge in [0, 0.05) is 22.6 Å². The van der Waals surface area contributed by atoms with Crippen molar-refractivity contribution in [3.05, 3.63) is 88.4 Å². The molecule has 0 radical (unpaired) electrons. The first-order valence-electron chi connectivity index (χ1n) is 14.4. The molecule has 1 aliphatic carbocycles. The Hall–Kier alpha value is -3.27. The summed E-state index contributed by atoms with van der Waals surface area (Å²) in [5, 5.41) is 4.01. The van der Waals surface area contributed by atoms with Crippen LogP contribution in [-0.2, 0) is 26.2 Å². The quantitative estimate of drug-likeness (QED) is 0.244. The number of benzene rings is 3. The maximum absolute atomic E-state index is 14.2. The zero-order chi connectivity index (χ0) is 31.0. The lowest BCUT2D eigenvalue weighted by Crippen LogP contribution is -2.54. The lowest BCUT2D eigenvalue weighted by Gasteiger charge is -2.34. The van der Waals surface area contributed by atoms with E-state index in [2.05, 4.69) is 5.32 Å². The van der Waals surface area contributed by atoms with Gasteiger partial charge in [0.1, 0.15) is 18.3 Å². The van der Waals surface area contributed by atoms with Crippen LogP contribution in [0.2, 0.25) is 10.0 Å². The minimum Gasteiger partial charge on any atom is -0.497 e. The third-order valence-corrected chi connectivity index (χ3v) is 10.1. The molecule has 43 heavy (non-hydrogen) atoms. The molecular weight excluding hydrogens is 609 g/mol. The van der Waals surface area contributed by atoms with Gasteiger partial charge < -0.3 is 15.0 Å². The maximum Gasteiger partial charge on any atom is 0.264 e. The monoisotopic (exact) mass is 645 g/mol. The number of ether oxygens (including phenoxy) is 1. The molecule has 0 heterocycles. The van der Waals surface area contributed by atoms with Crippen molar-refractivity contribution in [1.82, 2.24) is 10.2 Å². The number of rotatable bonds is 12. The van der Waals surface area contributed by atoms with E-state index in [1.54, 1.807) is 60.7 Å². The van der Waals surface area contributed by atoms with Gasteiger partial charge in [0.05, 0.1) is 17.7 Å². The number of sulfonamides is 1. The third kappa shape index (κ3) is 8.22. The van der Waals surface area contributed by atoms with E-state index >= 15 is 0 Å². The molecule has 1 fully saturated rings. The average molecular weight is 647 g/mol. The van der Waals surface area contributed by atoms with Gasteiger partial charge in [0.25, 0.3) is 10.0 Å². The molecule has 4 rings (SSSR count). The van der Waals surface area contributed by atoms with E-state index in [0.29, 0.717) is 27.8 Å². The van der Waals surface area contributed by atoms with Gasteiger partial charge in [-0.3, -0.25) is 13.9 Å². The van der Waals surface area contributed by atoms with E-state index in [1.165, 1.54) is 24.1 Å². The summed E-state index contributed by atoms with van der Waals surface area (Å²) < 4.78 is 34.2. The molecule has 1 N–H and O–H groups in total. The first kappa shape index (κ1) is 32.6. The number of nitrogens with one attached hydrogen (secondary N) is 1. The summed E-state index contributed by atoms with van der Waals surface area (Å²) in [5.74, 6) is -0.308. The van der Waals surface area contributed by atoms with Crippen LogP contribution in [0.3, 0.4) is 0 Å². The summed E-state index contributed by atoms with van der Waals surface area (Å²) in [6.07, 6.45) is 5.35. The van der Waals surface area contributed by atoms with Crippen molar-refractivity contribution in [1.29, 1.82) is 0 Å². The van der Waals surface area contributed by atoms with Gasteiger partial charge in [-0.1, -0.05) is 67.6 Å². The average Bonchev–Trinajstić information content (AvgIpc) is 3.01. The highest BCUT2D eigenvalue weighted by atomic mass is 35.5. The van der Waals surface area contributed by atoms with E-state index in [1.807, 2.05) is 6.92 Å². The smallest absolute Gasteiger partial charge is 0.264 e. The minimum absolute atomic E-state index is 0.0178. The molecule has 3 aromatic rings. The van der Waals surface area contributed by atoms with Crippen LogP contribution < -0.4 is 14.4 Å². The molecule has 0 aliphatic heterocycles. The molecule has 230 valence electrons. The number of anilines is 1. The Morgan fingerprint density at radius 2 is 1.60 bits per heavy atom. The van der Waals surface area contributed by atoms with E-state index in [4.69, 9.17) is 27.9 Å². The Bertz CT molecular complexity index is 1490. The Morgan fingerprint density at radius 3 is 2.21 bits per heavy atom. The summed E-state index contributed by atoms with van der Waals surface area (Å²) in [7, 11) is -2.73. The molecule has 8 nitrogen and oxygen atoms in total. The predicted molar refractivity (Wildman–Crippen MR) is 170 cm³/mol. The minimum atomic E-state index is -4.22. The van der Waals surface area contributed by atoms with Crippen LogP contribution in [0, 0.1) is 0 Å². The highest BCUT2D eigenvalue weighted by Crippen LogP contribution is 2.28. The molecular formula is C32H37Cl2N3O5S. The molecule has 1 saturated carbocycles. The summed E-state index contributed by atoms with van der Waals surface area (Å²) in [4.78, 5) is 29.3. The number of nitrogens with zero attached hydrogens (tertiary/aromatic N) is 2. The topological polar surface area (TPSA) is 96.0 Å². The zero-order valence-electron chi connectivity index (χ0n) is 24.3. The summed E-state index contributed by atoms with van der Waals surface area (Å²) in [6.45, 7) is 1.32. The number of carbonyl (C=O) groups is 2. The first-order valence-corrected chi connectivity index (χ1v) is 16.6. The van der Waals surface area contributed by atoms with E-state index < -0.39 is 28.5 Å². The van der Waals surface area contributed by atoms with E-state index in [-0.39, 0.29) is 29.1 Å². The molecule has 2 amide bonds. The van der Waals surface area contributed by atoms with Gasteiger partial charge in [-0.25, -0.2) is 8.42 Å². The summed E-state index contributed by atoms with van der Waals surface area (Å²) >= 11 is 12.6. The van der Waals surface area contributed by atoms with Gasteiger partial charge >= 0.3 is 0 Å². The van der Waals surface area contributed by atoms with Crippen LogP contribution in [0.1, 0.15) is 51.0 Å². The normalized spacial score (nSPS) is 14.5. The van der Waals surface area contributed by atoms with Gasteiger partial charge in [-0.05, 0) is 79.4 Å². The molecule has 0 saturated heterocycles. The Kier molecular flexibility index (Phi) is 11.3. The molecule has 0 unspecified atom stereocenters. The SMILES string of the molecule is CC[C@@H](C(=O)NC1CCCCC1)N(Cc1ccccc1Cl)C(=O)CN(c1ccc(Cl)cc1)S(=O)(=O)c1ccc(OC)cc1. The fourth-order valence-electron chi connectivity index (χ4n) is 5.28. The summed E-state index contributed by atoms with van der Waals surface area (Å²) in [6, 6.07) is 18.5. The molecule has 3 aromatic carbocycles. The van der Waals surface area contributed by atoms with Crippen molar-refractivity contribution in [2.45, 2.75) is 69.0 Å². The number of carbonyl (C=O) groups excluding carboxylic acids is 2. The fourth-order valence-corrected chi connectivity index (χ4v) is 7.02. The Morgan fingerprint density at radius 1 is 0.953 bits per heavy atom. The highest BCUT2D eigenvalue weighted by Gasteiger charge is 2.34. The predicted octanol–water partition coefficient (Wildman–Crippen LogP) is 6.45. The second-order valence-corrected chi connectivity index (χ2v) is 13.3. The van der Waals surface area contributed by atoms with Crippen molar-refractivity contribution in [3.8, 4) is 5.75 Å². The number of halogens is 2. The zero-order valence-corrected chi connectivity index (χ0v) is 26.7. The highest BCUT2D eigenvalue weighted by molar-refractivity contribution is 7.92. The first-order chi connectivity index (χ1) is 20.6.